The standard InChI is InChI=1S/C16H30N4/c1-4-6-14-15(17)16(20(3)19-14)18-10-9-13-8-5-7-12(2)11-13/h12-13,18H,4-11,17H2,1-3H3. The van der Waals surface area contributed by atoms with Crippen LogP contribution in [0.4, 0.5) is 11.5 Å². The fourth-order valence-electron chi connectivity index (χ4n) is 3.44. The second-order valence-corrected chi connectivity index (χ2v) is 6.44. The number of anilines is 2. The van der Waals surface area contributed by atoms with E-state index < -0.39 is 0 Å². The van der Waals surface area contributed by atoms with Crippen molar-refractivity contribution in [2.24, 2.45) is 18.9 Å². The fourth-order valence-corrected chi connectivity index (χ4v) is 3.44. The summed E-state index contributed by atoms with van der Waals surface area (Å²) in [6.07, 6.45) is 8.90. The highest BCUT2D eigenvalue weighted by Gasteiger charge is 2.19. The molecule has 2 unspecified atom stereocenters. The highest BCUT2D eigenvalue weighted by molar-refractivity contribution is 5.64. The van der Waals surface area contributed by atoms with Crippen molar-refractivity contribution in [1.29, 1.82) is 0 Å². The van der Waals surface area contributed by atoms with Gasteiger partial charge in [-0.25, -0.2) is 0 Å². The first-order valence-electron chi connectivity index (χ1n) is 8.17. The van der Waals surface area contributed by atoms with E-state index in [1.807, 2.05) is 11.7 Å². The molecule has 0 bridgehead atoms. The summed E-state index contributed by atoms with van der Waals surface area (Å²) in [6, 6.07) is 0. The number of hydrogen-bond donors (Lipinski definition) is 2. The largest absolute Gasteiger partial charge is 0.394 e. The average Bonchev–Trinajstić information content (AvgIpc) is 2.67. The van der Waals surface area contributed by atoms with Gasteiger partial charge in [0.2, 0.25) is 0 Å². The molecule has 3 N–H and O–H groups in total. The summed E-state index contributed by atoms with van der Waals surface area (Å²) in [5.74, 6) is 2.79. The number of nitrogens with zero attached hydrogens (tertiary/aromatic N) is 2. The Morgan fingerprint density at radius 2 is 2.20 bits per heavy atom. The molecule has 2 rings (SSSR count). The van der Waals surface area contributed by atoms with Gasteiger partial charge in [0.1, 0.15) is 5.82 Å². The maximum absolute atomic E-state index is 6.19. The van der Waals surface area contributed by atoms with Gasteiger partial charge in [-0.15, -0.1) is 0 Å². The van der Waals surface area contributed by atoms with Crippen LogP contribution in [-0.4, -0.2) is 16.3 Å². The van der Waals surface area contributed by atoms with Crippen molar-refractivity contribution in [1.82, 2.24) is 9.78 Å². The van der Waals surface area contributed by atoms with Crippen LogP contribution in [0.25, 0.3) is 0 Å². The molecule has 1 heterocycles. The Balaban J connectivity index is 1.84. The van der Waals surface area contributed by atoms with Gasteiger partial charge >= 0.3 is 0 Å². The number of rotatable bonds is 6. The summed E-state index contributed by atoms with van der Waals surface area (Å²) in [5, 5.41) is 8.00. The molecule has 1 aromatic rings. The summed E-state index contributed by atoms with van der Waals surface area (Å²) >= 11 is 0. The van der Waals surface area contributed by atoms with Crippen molar-refractivity contribution in [3.05, 3.63) is 5.69 Å². The third kappa shape index (κ3) is 3.68. The van der Waals surface area contributed by atoms with Crippen LogP contribution in [0.2, 0.25) is 0 Å². The van der Waals surface area contributed by atoms with E-state index in [0.29, 0.717) is 0 Å². The molecule has 0 radical (unpaired) electrons. The molecule has 0 aliphatic heterocycles. The van der Waals surface area contributed by atoms with E-state index in [1.54, 1.807) is 0 Å². The molecule has 0 spiro atoms. The van der Waals surface area contributed by atoms with Gasteiger partial charge in [0.05, 0.1) is 11.4 Å². The number of nitrogens with two attached hydrogens (primary N) is 1. The highest BCUT2D eigenvalue weighted by Crippen LogP contribution is 2.31. The second kappa shape index (κ2) is 7.00. The minimum Gasteiger partial charge on any atom is -0.394 e. The van der Waals surface area contributed by atoms with Gasteiger partial charge in [0.25, 0.3) is 0 Å². The van der Waals surface area contributed by atoms with Crippen molar-refractivity contribution in [2.45, 2.75) is 58.8 Å². The van der Waals surface area contributed by atoms with E-state index in [-0.39, 0.29) is 0 Å². The first kappa shape index (κ1) is 15.2. The zero-order valence-corrected chi connectivity index (χ0v) is 13.3. The summed E-state index contributed by atoms with van der Waals surface area (Å²) in [4.78, 5) is 0. The zero-order valence-electron chi connectivity index (χ0n) is 13.3. The number of aryl methyl sites for hydroxylation is 2. The van der Waals surface area contributed by atoms with Gasteiger partial charge in [0.15, 0.2) is 0 Å². The van der Waals surface area contributed by atoms with Gasteiger partial charge in [-0.2, -0.15) is 5.10 Å². The maximum atomic E-state index is 6.19. The Labute approximate surface area is 123 Å². The summed E-state index contributed by atoms with van der Waals surface area (Å²) in [5.41, 5.74) is 8.06. The van der Waals surface area contributed by atoms with Crippen molar-refractivity contribution >= 4 is 11.5 Å². The van der Waals surface area contributed by atoms with Crippen LogP contribution in [-0.2, 0) is 13.5 Å². The molecule has 2 atom stereocenters. The first-order chi connectivity index (χ1) is 9.61. The Morgan fingerprint density at radius 3 is 2.90 bits per heavy atom. The molecule has 1 aliphatic rings. The second-order valence-electron chi connectivity index (χ2n) is 6.44. The lowest BCUT2D eigenvalue weighted by Crippen LogP contribution is -2.17. The van der Waals surface area contributed by atoms with Gasteiger partial charge in [-0.05, 0) is 31.1 Å². The maximum Gasteiger partial charge on any atom is 0.147 e. The Kier molecular flexibility index (Phi) is 5.32. The summed E-state index contributed by atoms with van der Waals surface area (Å²) in [7, 11) is 1.97. The summed E-state index contributed by atoms with van der Waals surface area (Å²) < 4.78 is 1.89. The number of nitrogens with one attached hydrogen (secondary N) is 1. The molecule has 1 saturated carbocycles. The third-order valence-electron chi connectivity index (χ3n) is 4.54. The van der Waals surface area contributed by atoms with Crippen molar-refractivity contribution in [3.63, 3.8) is 0 Å². The van der Waals surface area contributed by atoms with Gasteiger partial charge < -0.3 is 11.1 Å². The quantitative estimate of drug-likeness (QED) is 0.836. The minimum absolute atomic E-state index is 0.839. The monoisotopic (exact) mass is 278 g/mol. The number of aromatic nitrogens is 2. The molecule has 0 aromatic carbocycles. The predicted molar refractivity (Wildman–Crippen MR) is 85.8 cm³/mol. The Bertz CT molecular complexity index is 424. The Hall–Kier alpha value is -1.19. The van der Waals surface area contributed by atoms with E-state index in [1.165, 1.54) is 32.1 Å². The first-order valence-corrected chi connectivity index (χ1v) is 8.17. The van der Waals surface area contributed by atoms with Gasteiger partial charge in [-0.3, -0.25) is 4.68 Å². The van der Waals surface area contributed by atoms with Crippen LogP contribution in [0.5, 0.6) is 0 Å². The predicted octanol–water partition coefficient (Wildman–Crippen LogP) is 3.58. The number of nitrogen functional groups attached to an aromatic ring is 1. The molecule has 0 saturated heterocycles. The zero-order chi connectivity index (χ0) is 14.5. The molecule has 114 valence electrons. The topological polar surface area (TPSA) is 55.9 Å². The highest BCUT2D eigenvalue weighted by atomic mass is 15.3. The van der Waals surface area contributed by atoms with Gasteiger partial charge in [-0.1, -0.05) is 39.5 Å². The van der Waals surface area contributed by atoms with Crippen molar-refractivity contribution < 1.29 is 0 Å². The van der Waals surface area contributed by atoms with Gasteiger partial charge in [0, 0.05) is 13.6 Å². The molecule has 0 amide bonds. The lowest BCUT2D eigenvalue weighted by Gasteiger charge is -2.26. The van der Waals surface area contributed by atoms with E-state index in [9.17, 15) is 0 Å². The molecular weight excluding hydrogens is 248 g/mol. The van der Waals surface area contributed by atoms with E-state index in [4.69, 9.17) is 5.73 Å². The minimum atomic E-state index is 0.839. The van der Waals surface area contributed by atoms with Crippen LogP contribution in [0, 0.1) is 11.8 Å². The molecule has 1 fully saturated rings. The normalized spacial score (nSPS) is 22.9. The van der Waals surface area contributed by atoms with Crippen LogP contribution < -0.4 is 11.1 Å². The molecule has 4 heteroatoms. The summed E-state index contributed by atoms with van der Waals surface area (Å²) in [6.45, 7) is 5.55. The average molecular weight is 278 g/mol. The smallest absolute Gasteiger partial charge is 0.147 e. The molecular formula is C16H30N4. The van der Waals surface area contributed by atoms with Crippen LogP contribution in [0.3, 0.4) is 0 Å². The van der Waals surface area contributed by atoms with Crippen LogP contribution in [0.1, 0.15) is 58.1 Å². The molecule has 20 heavy (non-hydrogen) atoms. The lowest BCUT2D eigenvalue weighted by atomic mass is 9.81. The molecule has 4 nitrogen and oxygen atoms in total. The molecule has 1 aliphatic carbocycles. The van der Waals surface area contributed by atoms with Crippen LogP contribution >= 0.6 is 0 Å². The lowest BCUT2D eigenvalue weighted by molar-refractivity contribution is 0.274. The molecule has 1 aromatic heterocycles. The fraction of sp³-hybridized carbons (Fsp3) is 0.812. The SMILES string of the molecule is CCCc1nn(C)c(NCCC2CCCC(C)C2)c1N. The Morgan fingerprint density at radius 1 is 1.40 bits per heavy atom. The van der Waals surface area contributed by atoms with Crippen molar-refractivity contribution in [3.8, 4) is 0 Å². The van der Waals surface area contributed by atoms with E-state index >= 15 is 0 Å². The van der Waals surface area contributed by atoms with Crippen LogP contribution in [0.15, 0.2) is 0 Å². The number of hydrogen-bond acceptors (Lipinski definition) is 3. The van der Waals surface area contributed by atoms with E-state index in [0.717, 1.165) is 48.4 Å². The third-order valence-corrected chi connectivity index (χ3v) is 4.54. The van der Waals surface area contributed by atoms with E-state index in [2.05, 4.69) is 24.3 Å². The van der Waals surface area contributed by atoms with Crippen molar-refractivity contribution in [2.75, 3.05) is 17.6 Å².